The van der Waals surface area contributed by atoms with Gasteiger partial charge in [0, 0.05) is 23.1 Å². The van der Waals surface area contributed by atoms with E-state index < -0.39 is 28.5 Å². The zero-order chi connectivity index (χ0) is 28.9. The van der Waals surface area contributed by atoms with E-state index >= 15 is 0 Å². The van der Waals surface area contributed by atoms with E-state index in [1.54, 1.807) is 56.3 Å². The summed E-state index contributed by atoms with van der Waals surface area (Å²) in [6.07, 6.45) is 0. The second kappa shape index (κ2) is 12.9. The Morgan fingerprint density at radius 2 is 1.59 bits per heavy atom. The normalized spacial score (nSPS) is 12.1. The number of carbonyl (C=O) groups excluding carboxylic acids is 2. The first-order chi connectivity index (χ1) is 18.3. The molecule has 208 valence electrons. The third-order valence-electron chi connectivity index (χ3n) is 6.54. The summed E-state index contributed by atoms with van der Waals surface area (Å²) in [5.41, 5.74) is 3.70. The lowest BCUT2D eigenvalue weighted by atomic mass is 10.1. The van der Waals surface area contributed by atoms with Crippen molar-refractivity contribution in [1.29, 1.82) is 0 Å². The predicted molar refractivity (Wildman–Crippen MR) is 157 cm³/mol. The monoisotopic (exact) mass is 589 g/mol. The second-order valence-electron chi connectivity index (χ2n) is 9.42. The Hall–Kier alpha value is -3.07. The Balaban J connectivity index is 2.07. The Labute approximate surface area is 240 Å². The third kappa shape index (κ3) is 7.32. The number of hydrogen-bond acceptors (Lipinski definition) is 4. The van der Waals surface area contributed by atoms with Crippen LogP contribution in [0.15, 0.2) is 65.6 Å². The van der Waals surface area contributed by atoms with Gasteiger partial charge in [-0.1, -0.05) is 53.0 Å². The van der Waals surface area contributed by atoms with E-state index in [0.29, 0.717) is 27.8 Å². The van der Waals surface area contributed by atoms with Gasteiger partial charge in [0.15, 0.2) is 0 Å². The number of sulfonamides is 1. The molecule has 0 saturated heterocycles. The molecule has 0 aromatic heterocycles. The Kier molecular flexibility index (Phi) is 10.0. The molecule has 1 atom stereocenters. The standard InChI is InChI=1S/C29H33Cl2N3O4S/c1-6-32-29(36)22(5)33(17-23-10-11-24(30)16-27(23)31)28(35)18-34(25-12-9-20(3)21(4)15-25)39(37,38)26-13-7-19(2)8-14-26/h7-16,22H,6,17-18H2,1-5H3,(H,32,36)/t22-/m1/s1. The van der Waals surface area contributed by atoms with Crippen LogP contribution in [0.3, 0.4) is 0 Å². The average molecular weight is 591 g/mol. The van der Waals surface area contributed by atoms with Crippen molar-refractivity contribution >= 4 is 50.7 Å². The molecular formula is C29H33Cl2N3O4S. The van der Waals surface area contributed by atoms with Gasteiger partial charge in [-0.25, -0.2) is 8.42 Å². The van der Waals surface area contributed by atoms with Gasteiger partial charge in [-0.3, -0.25) is 13.9 Å². The summed E-state index contributed by atoms with van der Waals surface area (Å²) in [7, 11) is -4.13. The molecule has 0 aliphatic heterocycles. The number of likely N-dealkylation sites (N-methyl/N-ethyl adjacent to an activating group) is 1. The Morgan fingerprint density at radius 3 is 2.18 bits per heavy atom. The zero-order valence-electron chi connectivity index (χ0n) is 22.7. The second-order valence-corrected chi connectivity index (χ2v) is 12.1. The fourth-order valence-electron chi connectivity index (χ4n) is 3.98. The molecule has 10 heteroatoms. The topological polar surface area (TPSA) is 86.8 Å². The molecular weight excluding hydrogens is 557 g/mol. The minimum atomic E-state index is -4.13. The minimum absolute atomic E-state index is 0.0154. The highest BCUT2D eigenvalue weighted by Crippen LogP contribution is 2.28. The van der Waals surface area contributed by atoms with E-state index in [0.717, 1.165) is 21.0 Å². The number of amides is 2. The minimum Gasteiger partial charge on any atom is -0.355 e. The van der Waals surface area contributed by atoms with Crippen molar-refractivity contribution < 1.29 is 18.0 Å². The van der Waals surface area contributed by atoms with Crippen LogP contribution in [0.1, 0.15) is 36.1 Å². The molecule has 39 heavy (non-hydrogen) atoms. The molecule has 0 bridgehead atoms. The molecule has 0 heterocycles. The number of nitrogens with one attached hydrogen (secondary N) is 1. The number of anilines is 1. The van der Waals surface area contributed by atoms with Crippen LogP contribution in [0.2, 0.25) is 10.0 Å². The molecule has 0 radical (unpaired) electrons. The summed E-state index contributed by atoms with van der Waals surface area (Å²) in [5, 5.41) is 3.50. The smallest absolute Gasteiger partial charge is 0.264 e. The fourth-order valence-corrected chi connectivity index (χ4v) is 5.86. The summed E-state index contributed by atoms with van der Waals surface area (Å²) in [4.78, 5) is 28.1. The first-order valence-corrected chi connectivity index (χ1v) is 14.7. The van der Waals surface area contributed by atoms with Crippen molar-refractivity contribution in [2.24, 2.45) is 0 Å². The van der Waals surface area contributed by atoms with Crippen molar-refractivity contribution in [1.82, 2.24) is 10.2 Å². The SMILES string of the molecule is CCNC(=O)[C@@H](C)N(Cc1ccc(Cl)cc1Cl)C(=O)CN(c1ccc(C)c(C)c1)S(=O)(=O)c1ccc(C)cc1. The molecule has 2 amide bonds. The average Bonchev–Trinajstić information content (AvgIpc) is 2.88. The number of rotatable bonds is 10. The lowest BCUT2D eigenvalue weighted by Crippen LogP contribution is -2.51. The van der Waals surface area contributed by atoms with Crippen molar-refractivity contribution in [2.75, 3.05) is 17.4 Å². The van der Waals surface area contributed by atoms with E-state index in [4.69, 9.17) is 23.2 Å². The molecule has 0 aliphatic carbocycles. The number of carbonyl (C=O) groups is 2. The van der Waals surface area contributed by atoms with Crippen LogP contribution in [-0.4, -0.2) is 44.3 Å². The highest BCUT2D eigenvalue weighted by molar-refractivity contribution is 7.92. The van der Waals surface area contributed by atoms with E-state index in [-0.39, 0.29) is 17.3 Å². The molecule has 0 aliphatic rings. The molecule has 7 nitrogen and oxygen atoms in total. The number of hydrogen-bond donors (Lipinski definition) is 1. The summed E-state index contributed by atoms with van der Waals surface area (Å²) in [5.74, 6) is -0.927. The molecule has 3 aromatic rings. The number of benzene rings is 3. The fraction of sp³-hybridized carbons (Fsp3) is 0.310. The first-order valence-electron chi connectivity index (χ1n) is 12.5. The van der Waals surface area contributed by atoms with Gasteiger partial charge in [0.2, 0.25) is 11.8 Å². The summed E-state index contributed by atoms with van der Waals surface area (Å²) < 4.78 is 28.9. The Morgan fingerprint density at radius 1 is 0.923 bits per heavy atom. The summed E-state index contributed by atoms with van der Waals surface area (Å²) in [6.45, 7) is 8.89. The van der Waals surface area contributed by atoms with Crippen LogP contribution in [0.5, 0.6) is 0 Å². The lowest BCUT2D eigenvalue weighted by molar-refractivity contribution is -0.139. The molecule has 1 N–H and O–H groups in total. The predicted octanol–water partition coefficient (Wildman–Crippen LogP) is 5.67. The van der Waals surface area contributed by atoms with Gasteiger partial charge in [0.05, 0.1) is 10.6 Å². The van der Waals surface area contributed by atoms with Gasteiger partial charge in [0.25, 0.3) is 10.0 Å². The summed E-state index contributed by atoms with van der Waals surface area (Å²) in [6, 6.07) is 15.7. The lowest BCUT2D eigenvalue weighted by Gasteiger charge is -2.32. The van der Waals surface area contributed by atoms with E-state index in [9.17, 15) is 18.0 Å². The van der Waals surface area contributed by atoms with Gasteiger partial charge in [-0.15, -0.1) is 0 Å². The molecule has 0 fully saturated rings. The van der Waals surface area contributed by atoms with Gasteiger partial charge in [0.1, 0.15) is 12.6 Å². The van der Waals surface area contributed by atoms with E-state index in [2.05, 4.69) is 5.32 Å². The maximum absolute atomic E-state index is 13.9. The van der Waals surface area contributed by atoms with Crippen LogP contribution < -0.4 is 9.62 Å². The first kappa shape index (κ1) is 30.5. The van der Waals surface area contributed by atoms with Crippen LogP contribution in [0.25, 0.3) is 0 Å². The van der Waals surface area contributed by atoms with Gasteiger partial charge >= 0.3 is 0 Å². The van der Waals surface area contributed by atoms with Crippen molar-refractivity contribution in [3.8, 4) is 0 Å². The molecule has 0 spiro atoms. The number of halogens is 2. The molecule has 0 saturated carbocycles. The molecule has 3 aromatic carbocycles. The zero-order valence-corrected chi connectivity index (χ0v) is 25.0. The van der Waals surface area contributed by atoms with Crippen LogP contribution in [-0.2, 0) is 26.2 Å². The van der Waals surface area contributed by atoms with Crippen molar-refractivity contribution in [2.45, 2.75) is 52.1 Å². The molecule has 3 rings (SSSR count). The largest absolute Gasteiger partial charge is 0.355 e. The maximum Gasteiger partial charge on any atom is 0.264 e. The third-order valence-corrected chi connectivity index (χ3v) is 8.92. The quantitative estimate of drug-likeness (QED) is 0.330. The molecule has 0 unspecified atom stereocenters. The van der Waals surface area contributed by atoms with Crippen LogP contribution in [0, 0.1) is 20.8 Å². The van der Waals surface area contributed by atoms with Gasteiger partial charge in [-0.2, -0.15) is 0 Å². The highest BCUT2D eigenvalue weighted by Gasteiger charge is 2.32. The van der Waals surface area contributed by atoms with Gasteiger partial charge in [-0.05, 0) is 87.7 Å². The summed E-state index contributed by atoms with van der Waals surface area (Å²) >= 11 is 12.4. The van der Waals surface area contributed by atoms with Crippen molar-refractivity contribution in [3.63, 3.8) is 0 Å². The highest BCUT2D eigenvalue weighted by atomic mass is 35.5. The van der Waals surface area contributed by atoms with Crippen LogP contribution in [0.4, 0.5) is 5.69 Å². The van der Waals surface area contributed by atoms with E-state index in [1.807, 2.05) is 26.8 Å². The maximum atomic E-state index is 13.9. The van der Waals surface area contributed by atoms with Gasteiger partial charge < -0.3 is 10.2 Å². The van der Waals surface area contributed by atoms with Crippen LogP contribution >= 0.6 is 23.2 Å². The van der Waals surface area contributed by atoms with Crippen molar-refractivity contribution in [3.05, 3.63) is 93.0 Å². The van der Waals surface area contributed by atoms with E-state index in [1.165, 1.54) is 17.0 Å². The number of aryl methyl sites for hydroxylation is 3. The Bertz CT molecular complexity index is 1460. The number of nitrogens with zero attached hydrogens (tertiary/aromatic N) is 2.